The summed E-state index contributed by atoms with van der Waals surface area (Å²) in [6.07, 6.45) is -0.526. The number of hydrogen-bond acceptors (Lipinski definition) is 4. The second-order valence-electron chi connectivity index (χ2n) is 4.93. The zero-order valence-electron chi connectivity index (χ0n) is 11.6. The molecule has 1 heterocycles. The van der Waals surface area contributed by atoms with Crippen LogP contribution in [0.5, 0.6) is 0 Å². The Balaban J connectivity index is 1.71. The van der Waals surface area contributed by atoms with Crippen LogP contribution in [0.2, 0.25) is 0 Å². The van der Waals surface area contributed by atoms with Crippen molar-refractivity contribution in [1.82, 2.24) is 0 Å². The molecule has 1 atom stereocenters. The number of carbonyl (C=O) groups excluding carboxylic acids is 2. The maximum Gasteiger partial charge on any atom is 0.339 e. The van der Waals surface area contributed by atoms with Crippen molar-refractivity contribution < 1.29 is 14.3 Å². The predicted molar refractivity (Wildman–Crippen MR) is 79.0 cm³/mol. The van der Waals surface area contributed by atoms with E-state index >= 15 is 0 Å². The lowest BCUT2D eigenvalue weighted by Crippen LogP contribution is -2.15. The summed E-state index contributed by atoms with van der Waals surface area (Å²) < 4.78 is 5.23. The summed E-state index contributed by atoms with van der Waals surface area (Å²) in [6.45, 7) is 0. The van der Waals surface area contributed by atoms with Gasteiger partial charge in [-0.1, -0.05) is 24.3 Å². The highest BCUT2D eigenvalue weighted by Crippen LogP contribution is 2.32. The summed E-state index contributed by atoms with van der Waals surface area (Å²) in [5.74, 6) is -0.676. The van der Waals surface area contributed by atoms with Gasteiger partial charge in [-0.2, -0.15) is 5.26 Å². The highest BCUT2D eigenvalue weighted by Gasteiger charge is 2.31. The fourth-order valence-corrected chi connectivity index (χ4v) is 2.42. The Bertz CT molecular complexity index is 792. The summed E-state index contributed by atoms with van der Waals surface area (Å²) in [4.78, 5) is 23.8. The first-order valence-corrected chi connectivity index (χ1v) is 6.77. The van der Waals surface area contributed by atoms with E-state index in [1.807, 2.05) is 12.1 Å². The normalized spacial score (nSPS) is 15.6. The molecule has 1 aliphatic rings. The number of esters is 1. The van der Waals surface area contributed by atoms with Gasteiger partial charge in [0.25, 0.3) is 0 Å². The maximum atomic E-state index is 12.1. The smallest absolute Gasteiger partial charge is 0.339 e. The van der Waals surface area contributed by atoms with E-state index in [9.17, 15) is 9.59 Å². The third-order valence-electron chi connectivity index (χ3n) is 3.42. The first-order valence-electron chi connectivity index (χ1n) is 6.77. The fourth-order valence-electron chi connectivity index (χ4n) is 2.42. The van der Waals surface area contributed by atoms with E-state index < -0.39 is 12.1 Å². The van der Waals surface area contributed by atoms with Gasteiger partial charge >= 0.3 is 5.97 Å². The van der Waals surface area contributed by atoms with Crippen molar-refractivity contribution in [2.24, 2.45) is 0 Å². The second kappa shape index (κ2) is 5.70. The molecule has 0 saturated heterocycles. The van der Waals surface area contributed by atoms with E-state index in [0.717, 1.165) is 5.56 Å². The van der Waals surface area contributed by atoms with Crippen LogP contribution in [0.25, 0.3) is 0 Å². The molecule has 22 heavy (non-hydrogen) atoms. The van der Waals surface area contributed by atoms with Crippen LogP contribution in [-0.4, -0.2) is 11.9 Å². The summed E-state index contributed by atoms with van der Waals surface area (Å²) >= 11 is 0. The second-order valence-corrected chi connectivity index (χ2v) is 4.93. The van der Waals surface area contributed by atoms with E-state index in [2.05, 4.69) is 5.32 Å². The highest BCUT2D eigenvalue weighted by atomic mass is 16.5. The Morgan fingerprint density at radius 3 is 2.86 bits per heavy atom. The lowest BCUT2D eigenvalue weighted by Gasteiger charge is -2.11. The molecule has 2 aromatic rings. The Labute approximate surface area is 127 Å². The van der Waals surface area contributed by atoms with Gasteiger partial charge in [-0.05, 0) is 24.3 Å². The largest absolute Gasteiger partial charge is 0.453 e. The predicted octanol–water partition coefficient (Wildman–Crippen LogP) is 2.80. The number of nitriles is 1. The molecule has 1 aliphatic heterocycles. The molecule has 5 heteroatoms. The molecule has 0 radical (unpaired) electrons. The van der Waals surface area contributed by atoms with Crippen molar-refractivity contribution in [3.63, 3.8) is 0 Å². The summed E-state index contributed by atoms with van der Waals surface area (Å²) in [5.41, 5.74) is 2.25. The number of anilines is 1. The van der Waals surface area contributed by atoms with Crippen LogP contribution in [0.4, 0.5) is 5.69 Å². The summed E-state index contributed by atoms with van der Waals surface area (Å²) in [5, 5.41) is 11.6. The van der Waals surface area contributed by atoms with Gasteiger partial charge in [0, 0.05) is 11.3 Å². The number of amides is 1. The SMILES string of the molecule is N#Cc1cccc(NC(=O)C[C@H]2OC(=O)c3ccccc32)c1. The Hall–Kier alpha value is -3.13. The van der Waals surface area contributed by atoms with Gasteiger partial charge in [-0.15, -0.1) is 0 Å². The molecule has 0 saturated carbocycles. The molecule has 0 aliphatic carbocycles. The number of hydrogen-bond donors (Lipinski definition) is 1. The van der Waals surface area contributed by atoms with Gasteiger partial charge in [-0.3, -0.25) is 4.79 Å². The van der Waals surface area contributed by atoms with Crippen LogP contribution in [0.1, 0.15) is 34.0 Å². The Morgan fingerprint density at radius 2 is 2.05 bits per heavy atom. The van der Waals surface area contributed by atoms with E-state index in [4.69, 9.17) is 10.00 Å². The van der Waals surface area contributed by atoms with Crippen molar-refractivity contribution in [1.29, 1.82) is 5.26 Å². The van der Waals surface area contributed by atoms with Gasteiger partial charge in [-0.25, -0.2) is 4.79 Å². The monoisotopic (exact) mass is 292 g/mol. The molecule has 1 amide bonds. The van der Waals surface area contributed by atoms with Crippen LogP contribution in [-0.2, 0) is 9.53 Å². The number of carbonyl (C=O) groups is 2. The lowest BCUT2D eigenvalue weighted by molar-refractivity contribution is -0.118. The van der Waals surface area contributed by atoms with Crippen molar-refractivity contribution in [3.05, 3.63) is 65.2 Å². The van der Waals surface area contributed by atoms with Gasteiger partial charge in [0.15, 0.2) is 0 Å². The molecule has 3 rings (SSSR count). The number of nitrogens with one attached hydrogen (secondary N) is 1. The molecule has 0 spiro atoms. The first kappa shape index (κ1) is 13.8. The highest BCUT2D eigenvalue weighted by molar-refractivity contribution is 5.96. The van der Waals surface area contributed by atoms with Gasteiger partial charge in [0.2, 0.25) is 5.91 Å². The zero-order chi connectivity index (χ0) is 15.5. The number of cyclic esters (lactones) is 1. The van der Waals surface area contributed by atoms with Crippen molar-refractivity contribution in [3.8, 4) is 6.07 Å². The maximum absolute atomic E-state index is 12.1. The molecular formula is C17H12N2O3. The number of ether oxygens (including phenoxy) is 1. The van der Waals surface area contributed by atoms with Crippen LogP contribution in [0.3, 0.4) is 0 Å². The topological polar surface area (TPSA) is 79.2 Å². The zero-order valence-corrected chi connectivity index (χ0v) is 11.6. The average molecular weight is 292 g/mol. The summed E-state index contributed by atoms with van der Waals surface area (Å²) in [6, 6.07) is 15.7. The van der Waals surface area contributed by atoms with E-state index in [0.29, 0.717) is 16.8 Å². The lowest BCUT2D eigenvalue weighted by atomic mass is 10.0. The molecule has 1 N–H and O–H groups in total. The number of fused-ring (bicyclic) bond motifs is 1. The fraction of sp³-hybridized carbons (Fsp3) is 0.118. The van der Waals surface area contributed by atoms with Crippen molar-refractivity contribution in [2.45, 2.75) is 12.5 Å². The standard InChI is InChI=1S/C17H12N2O3/c18-10-11-4-3-5-12(8-11)19-16(20)9-15-13-6-1-2-7-14(13)17(21)22-15/h1-8,15H,9H2,(H,19,20)/t15-/m1/s1. The van der Waals surface area contributed by atoms with Gasteiger partial charge in [0.05, 0.1) is 23.6 Å². The summed E-state index contributed by atoms with van der Waals surface area (Å²) in [7, 11) is 0. The molecule has 2 aromatic carbocycles. The molecule has 0 fully saturated rings. The van der Waals surface area contributed by atoms with Crippen molar-refractivity contribution in [2.75, 3.05) is 5.32 Å². The molecule has 108 valence electrons. The molecule has 0 aromatic heterocycles. The van der Waals surface area contributed by atoms with Gasteiger partial charge in [0.1, 0.15) is 6.10 Å². The minimum absolute atomic E-state index is 0.0412. The molecule has 0 bridgehead atoms. The number of benzene rings is 2. The van der Waals surface area contributed by atoms with E-state index in [-0.39, 0.29) is 12.3 Å². The van der Waals surface area contributed by atoms with Crippen LogP contribution < -0.4 is 5.32 Å². The van der Waals surface area contributed by atoms with E-state index in [1.165, 1.54) is 0 Å². The van der Waals surface area contributed by atoms with Gasteiger partial charge < -0.3 is 10.1 Å². The number of nitrogens with zero attached hydrogens (tertiary/aromatic N) is 1. The molecule has 5 nitrogen and oxygen atoms in total. The third-order valence-corrected chi connectivity index (χ3v) is 3.42. The minimum atomic E-state index is -0.567. The average Bonchev–Trinajstić information content (AvgIpc) is 2.84. The minimum Gasteiger partial charge on any atom is -0.453 e. The van der Waals surface area contributed by atoms with Crippen LogP contribution in [0, 0.1) is 11.3 Å². The third kappa shape index (κ3) is 2.67. The number of rotatable bonds is 3. The Morgan fingerprint density at radius 1 is 1.23 bits per heavy atom. The van der Waals surface area contributed by atoms with Crippen LogP contribution in [0.15, 0.2) is 48.5 Å². The van der Waals surface area contributed by atoms with E-state index in [1.54, 1.807) is 42.5 Å². The molecule has 0 unspecified atom stereocenters. The Kier molecular flexibility index (Phi) is 3.58. The first-order chi connectivity index (χ1) is 10.7. The molecular weight excluding hydrogens is 280 g/mol. The van der Waals surface area contributed by atoms with Crippen LogP contribution >= 0.6 is 0 Å². The quantitative estimate of drug-likeness (QED) is 0.882. The van der Waals surface area contributed by atoms with Crippen molar-refractivity contribution >= 4 is 17.6 Å².